The molecule has 0 unspecified atom stereocenters. The Morgan fingerprint density at radius 2 is 0.895 bits per heavy atom. The van der Waals surface area contributed by atoms with Crippen LogP contribution in [0.3, 0.4) is 0 Å². The first-order valence-corrected chi connectivity index (χ1v) is 25.0. The minimum atomic E-state index is -1.95. The van der Waals surface area contributed by atoms with Crippen LogP contribution in [-0.2, 0) is 68.7 Å². The predicted molar refractivity (Wildman–Crippen MR) is 257 cm³/mol. The number of nitrogens with one attached hydrogen (secondary N) is 4. The minimum Gasteiger partial charge on any atom is -0.508 e. The minimum absolute atomic E-state index is 0.0668. The smallest absolute Gasteiger partial charge is 0.326 e. The first kappa shape index (κ1) is 59.0. The van der Waals surface area contributed by atoms with E-state index in [0.717, 1.165) is 0 Å². The topological polar surface area (TPSA) is 430 Å². The van der Waals surface area contributed by atoms with E-state index in [1.807, 2.05) is 5.32 Å². The average Bonchev–Trinajstić information content (AvgIpc) is 4.23. The van der Waals surface area contributed by atoms with Crippen LogP contribution in [0.4, 0.5) is 0 Å². The van der Waals surface area contributed by atoms with E-state index in [-0.39, 0.29) is 76.9 Å². The molecule has 0 aliphatic carbocycles. The Labute approximate surface area is 434 Å². The van der Waals surface area contributed by atoms with E-state index in [1.54, 1.807) is 0 Å². The van der Waals surface area contributed by atoms with Gasteiger partial charge in [0.2, 0.25) is 47.3 Å². The summed E-state index contributed by atoms with van der Waals surface area (Å²) in [6, 6.07) is -6.86. The number of benzene rings is 1. The van der Waals surface area contributed by atoms with Gasteiger partial charge in [-0.2, -0.15) is 0 Å². The molecule has 4 saturated heterocycles. The summed E-state index contributed by atoms with van der Waals surface area (Å²) in [5.74, 6) is -13.7. The third kappa shape index (κ3) is 15.8. The van der Waals surface area contributed by atoms with Gasteiger partial charge in [0.25, 0.3) is 0 Å². The largest absolute Gasteiger partial charge is 0.508 e. The molecule has 28 heteroatoms. The molecular formula is C48H65N9O19. The van der Waals surface area contributed by atoms with Crippen molar-refractivity contribution in [1.29, 1.82) is 0 Å². The van der Waals surface area contributed by atoms with Crippen molar-refractivity contribution in [2.24, 2.45) is 5.73 Å². The molecule has 5 rings (SSSR count). The number of phenols is 1. The molecule has 4 heterocycles. The van der Waals surface area contributed by atoms with Crippen LogP contribution in [0.1, 0.15) is 102 Å². The second kappa shape index (κ2) is 27.0. The fraction of sp³-hybridized carbons (Fsp3) is 0.604. The lowest BCUT2D eigenvalue weighted by Gasteiger charge is -2.36. The number of hydrogen-bond donors (Lipinski definition) is 11. The van der Waals surface area contributed by atoms with Crippen molar-refractivity contribution >= 4 is 77.1 Å². The number of rotatable bonds is 26. The molecule has 4 aliphatic rings. The highest BCUT2D eigenvalue weighted by atomic mass is 16.4. The lowest BCUT2D eigenvalue weighted by molar-refractivity contribution is -0.153. The van der Waals surface area contributed by atoms with Gasteiger partial charge in [0.05, 0.1) is 12.5 Å². The molecule has 76 heavy (non-hydrogen) atoms. The molecule has 0 spiro atoms. The van der Waals surface area contributed by atoms with Gasteiger partial charge in [-0.25, -0.2) is 4.79 Å². The molecule has 4 aliphatic heterocycles. The van der Waals surface area contributed by atoms with Gasteiger partial charge in [0, 0.05) is 51.9 Å². The summed E-state index contributed by atoms with van der Waals surface area (Å²) < 4.78 is 0. The van der Waals surface area contributed by atoms with Crippen LogP contribution in [0.2, 0.25) is 0 Å². The number of hydrogen-bond acceptors (Lipinski definition) is 15. The van der Waals surface area contributed by atoms with Gasteiger partial charge < -0.3 is 77.2 Å². The highest BCUT2D eigenvalue weighted by molar-refractivity contribution is 5.99. The van der Waals surface area contributed by atoms with Crippen LogP contribution in [0.25, 0.3) is 0 Å². The number of nitrogens with two attached hydrogens (primary N) is 1. The average molecular weight is 1070 g/mol. The number of carboxylic acids is 5. The van der Waals surface area contributed by atoms with E-state index < -0.39 is 164 Å². The van der Waals surface area contributed by atoms with Crippen molar-refractivity contribution in [2.45, 2.75) is 157 Å². The highest BCUT2D eigenvalue weighted by Crippen LogP contribution is 2.31. The molecule has 9 atom stereocenters. The highest BCUT2D eigenvalue weighted by Gasteiger charge is 2.48. The maximum absolute atomic E-state index is 14.5. The second-order valence-electron chi connectivity index (χ2n) is 19.2. The molecule has 8 amide bonds. The summed E-state index contributed by atoms with van der Waals surface area (Å²) in [4.78, 5) is 174. The molecule has 12 N–H and O–H groups in total. The van der Waals surface area contributed by atoms with Crippen molar-refractivity contribution in [2.75, 3.05) is 26.2 Å². The van der Waals surface area contributed by atoms with Gasteiger partial charge in [0.1, 0.15) is 54.1 Å². The number of carbonyl (C=O) groups excluding carboxylic acids is 8. The first-order chi connectivity index (χ1) is 36.0. The van der Waals surface area contributed by atoms with E-state index in [1.165, 1.54) is 43.9 Å². The third-order valence-electron chi connectivity index (χ3n) is 13.9. The number of aromatic hydroxyl groups is 1. The van der Waals surface area contributed by atoms with Gasteiger partial charge in [-0.15, -0.1) is 0 Å². The van der Waals surface area contributed by atoms with Gasteiger partial charge >= 0.3 is 29.8 Å². The summed E-state index contributed by atoms with van der Waals surface area (Å²) in [6.07, 6.45) is -2.00. The van der Waals surface area contributed by atoms with Gasteiger partial charge in [-0.05, 0) is 88.3 Å². The third-order valence-corrected chi connectivity index (χ3v) is 13.9. The molecule has 1 aromatic rings. The molecule has 0 bridgehead atoms. The van der Waals surface area contributed by atoms with Crippen LogP contribution in [-0.4, -0.2) is 208 Å². The van der Waals surface area contributed by atoms with E-state index >= 15 is 0 Å². The Bertz CT molecular complexity index is 2400. The van der Waals surface area contributed by atoms with Gasteiger partial charge in [-0.3, -0.25) is 57.5 Å². The Morgan fingerprint density at radius 3 is 1.38 bits per heavy atom. The first-order valence-electron chi connectivity index (χ1n) is 25.0. The molecule has 28 nitrogen and oxygen atoms in total. The zero-order valence-electron chi connectivity index (χ0n) is 41.5. The van der Waals surface area contributed by atoms with Crippen molar-refractivity contribution in [3.05, 3.63) is 29.8 Å². The van der Waals surface area contributed by atoms with Crippen molar-refractivity contribution < 1.29 is 93.0 Å². The van der Waals surface area contributed by atoms with Gasteiger partial charge in [0.15, 0.2) is 0 Å². The Balaban J connectivity index is 1.30. The van der Waals surface area contributed by atoms with Crippen LogP contribution < -0.4 is 27.0 Å². The number of carbonyl (C=O) groups is 13. The van der Waals surface area contributed by atoms with E-state index in [9.17, 15) is 82.8 Å². The zero-order chi connectivity index (χ0) is 56.0. The van der Waals surface area contributed by atoms with Crippen molar-refractivity contribution in [3.63, 3.8) is 0 Å². The molecule has 4 fully saturated rings. The fourth-order valence-electron chi connectivity index (χ4n) is 9.95. The summed E-state index contributed by atoms with van der Waals surface area (Å²) in [5.41, 5.74) is 6.25. The van der Waals surface area contributed by atoms with Crippen LogP contribution in [0.5, 0.6) is 5.75 Å². The van der Waals surface area contributed by atoms with E-state index in [0.29, 0.717) is 31.2 Å². The number of phenolic OH excluding ortho intramolecular Hbond substituents is 1. The predicted octanol–water partition coefficient (Wildman–Crippen LogP) is -2.68. The Hall–Kier alpha value is -7.91. The van der Waals surface area contributed by atoms with E-state index in [4.69, 9.17) is 15.9 Å². The molecular weight excluding hydrogens is 1010 g/mol. The van der Waals surface area contributed by atoms with Crippen molar-refractivity contribution in [3.8, 4) is 5.75 Å². The maximum atomic E-state index is 14.5. The number of likely N-dealkylation sites (tertiary alicyclic amines) is 4. The monoisotopic (exact) mass is 1070 g/mol. The van der Waals surface area contributed by atoms with Crippen LogP contribution in [0.15, 0.2) is 24.3 Å². The summed E-state index contributed by atoms with van der Waals surface area (Å²) in [7, 11) is 0. The molecule has 0 saturated carbocycles. The van der Waals surface area contributed by atoms with Crippen LogP contribution >= 0.6 is 0 Å². The van der Waals surface area contributed by atoms with Gasteiger partial charge in [-0.1, -0.05) is 12.1 Å². The molecule has 416 valence electrons. The fourth-order valence-corrected chi connectivity index (χ4v) is 9.95. The number of carboxylic acid groups (broad SMARTS) is 5. The number of aliphatic carboxylic acids is 5. The normalized spacial score (nSPS) is 21.1. The summed E-state index contributed by atoms with van der Waals surface area (Å²) >= 11 is 0. The van der Waals surface area contributed by atoms with Crippen molar-refractivity contribution in [1.82, 2.24) is 40.9 Å². The second-order valence-corrected chi connectivity index (χ2v) is 19.2. The SMILES string of the molecule is N[C@@H](CCC(=O)O)C(=O)N[C@@H](CCC(=O)O)C(=O)N1CCC[C@H]1C(=O)N1CCC[C@H]1C(=O)N1CCC[C@H]1C(=O)N1CCC[C@H]1C(=O)N[C@@H](Cc1ccc(O)cc1)C(=O)N[C@@H](CCC(=O)O)C(=O)N[C@@H](CC(=O)O)C(=O)O. The van der Waals surface area contributed by atoms with Crippen LogP contribution in [0, 0.1) is 0 Å². The lowest BCUT2D eigenvalue weighted by atomic mass is 10.0. The number of amides is 8. The lowest BCUT2D eigenvalue weighted by Crippen LogP contribution is -2.60. The quantitative estimate of drug-likeness (QED) is 0.0450. The molecule has 0 radical (unpaired) electrons. The van der Waals surface area contributed by atoms with E-state index in [2.05, 4.69) is 16.0 Å². The zero-order valence-corrected chi connectivity index (χ0v) is 41.5. The maximum Gasteiger partial charge on any atom is 0.326 e. The summed E-state index contributed by atoms with van der Waals surface area (Å²) in [5, 5.41) is 65.7. The Morgan fingerprint density at radius 1 is 0.487 bits per heavy atom. The molecule has 0 aromatic heterocycles. The Kier molecular flexibility index (Phi) is 21.0. The summed E-state index contributed by atoms with van der Waals surface area (Å²) in [6.45, 7) is 0.395. The standard InChI is InChI=1S/C48H65N9O19/c49-27(13-16-36(59)60)40(67)51-29(15-18-38(63)64)44(71)55-20-2-6-33(55)46(73)57-22-4-8-35(57)47(74)56-21-3-7-34(56)45(72)54-19-1-5-32(54)43(70)52-30(23-25-9-11-26(58)12-10-25)42(69)50-28(14-17-37(61)62)41(68)53-31(48(75)76)24-39(65)66/h9-12,27-35,58H,1-8,13-24,49H2,(H,50,69)(H,51,67)(H,52,70)(H,53,68)(H,59,60)(H,61,62)(H,63,64)(H,65,66)(H,75,76)/t27-,28-,29-,30-,31-,32-,33-,34-,35-/m0/s1. The number of nitrogens with zero attached hydrogens (tertiary/aromatic N) is 4. The molecule has 1 aromatic carbocycles.